The Balaban J connectivity index is 1.37. The van der Waals surface area contributed by atoms with Gasteiger partial charge < -0.3 is 9.80 Å². The summed E-state index contributed by atoms with van der Waals surface area (Å²) < 4.78 is 1.42. The number of rotatable bonds is 4. The topological polar surface area (TPSA) is 104 Å². The summed E-state index contributed by atoms with van der Waals surface area (Å²) in [4.78, 5) is 52.7. The van der Waals surface area contributed by atoms with Gasteiger partial charge in [-0.1, -0.05) is 29.8 Å². The molecular weight excluding hydrogens is 456 g/mol. The van der Waals surface area contributed by atoms with Crippen LogP contribution in [-0.2, 0) is 6.54 Å². The van der Waals surface area contributed by atoms with Gasteiger partial charge in [0.2, 0.25) is 5.95 Å². The number of piperazine rings is 1. The van der Waals surface area contributed by atoms with Crippen LogP contribution < -0.4 is 16.1 Å². The molecule has 0 bridgehead atoms. The van der Waals surface area contributed by atoms with Crippen molar-refractivity contribution in [1.29, 1.82) is 0 Å². The standard InChI is InChI=1S/C24H21ClN6O3/c25-19-7-2-6-18-20(19)31(24(34)28-21(18)32)15-16-4-1-5-17(14-16)22(33)29-10-12-30(13-11-29)23-26-8-3-9-27-23/h1-9,14H,10-13,15H2,(H,28,32,34). The number of benzene rings is 2. The number of anilines is 1. The third kappa shape index (κ3) is 4.17. The number of nitrogens with zero attached hydrogens (tertiary/aromatic N) is 5. The van der Waals surface area contributed by atoms with Crippen LogP contribution in [0.4, 0.5) is 5.95 Å². The minimum atomic E-state index is -0.554. The summed E-state index contributed by atoms with van der Waals surface area (Å²) in [7, 11) is 0. The molecule has 0 saturated carbocycles. The molecule has 0 spiro atoms. The van der Waals surface area contributed by atoms with Gasteiger partial charge in [-0.25, -0.2) is 14.8 Å². The lowest BCUT2D eigenvalue weighted by Crippen LogP contribution is -2.49. The van der Waals surface area contributed by atoms with Crippen LogP contribution in [0, 0.1) is 0 Å². The summed E-state index contributed by atoms with van der Waals surface area (Å²) >= 11 is 6.33. The Hall–Kier alpha value is -3.98. The van der Waals surface area contributed by atoms with Crippen molar-refractivity contribution in [3.05, 3.63) is 97.9 Å². The Bertz CT molecular complexity index is 1480. The summed E-state index contributed by atoms with van der Waals surface area (Å²) in [5.41, 5.74) is 0.616. The molecule has 1 aliphatic heterocycles. The first-order valence-corrected chi connectivity index (χ1v) is 11.2. The van der Waals surface area contributed by atoms with E-state index >= 15 is 0 Å². The zero-order valence-corrected chi connectivity index (χ0v) is 18.9. The van der Waals surface area contributed by atoms with Crippen LogP contribution in [0.5, 0.6) is 0 Å². The number of para-hydroxylation sites is 1. The largest absolute Gasteiger partial charge is 0.337 e. The third-order valence-corrected chi connectivity index (χ3v) is 6.19. The molecule has 34 heavy (non-hydrogen) atoms. The molecule has 1 aliphatic rings. The van der Waals surface area contributed by atoms with Gasteiger partial charge in [-0.3, -0.25) is 19.1 Å². The molecule has 0 unspecified atom stereocenters. The second kappa shape index (κ2) is 9.11. The van der Waals surface area contributed by atoms with Crippen molar-refractivity contribution in [3.63, 3.8) is 0 Å². The number of carbonyl (C=O) groups is 1. The van der Waals surface area contributed by atoms with Gasteiger partial charge in [-0.05, 0) is 35.9 Å². The van der Waals surface area contributed by atoms with E-state index in [9.17, 15) is 14.4 Å². The number of aromatic amines is 1. The predicted molar refractivity (Wildman–Crippen MR) is 130 cm³/mol. The highest BCUT2D eigenvalue weighted by molar-refractivity contribution is 6.35. The second-order valence-electron chi connectivity index (χ2n) is 8.01. The molecule has 0 atom stereocenters. The number of aromatic nitrogens is 4. The Labute approximate surface area is 199 Å². The first kappa shape index (κ1) is 21.8. The number of carbonyl (C=O) groups excluding carboxylic acids is 1. The quantitative estimate of drug-likeness (QED) is 0.484. The Morgan fingerprint density at radius 3 is 2.47 bits per heavy atom. The highest BCUT2D eigenvalue weighted by atomic mass is 35.5. The summed E-state index contributed by atoms with van der Waals surface area (Å²) in [5.74, 6) is 0.584. The fourth-order valence-corrected chi connectivity index (χ4v) is 4.47. The van der Waals surface area contributed by atoms with Crippen molar-refractivity contribution in [3.8, 4) is 0 Å². The Kier molecular flexibility index (Phi) is 5.85. The molecule has 5 rings (SSSR count). The fourth-order valence-electron chi connectivity index (χ4n) is 4.19. The van der Waals surface area contributed by atoms with Crippen molar-refractivity contribution in [2.75, 3.05) is 31.1 Å². The molecule has 1 fully saturated rings. The van der Waals surface area contributed by atoms with E-state index in [1.165, 1.54) is 4.57 Å². The van der Waals surface area contributed by atoms with Gasteiger partial charge in [-0.15, -0.1) is 0 Å². The minimum Gasteiger partial charge on any atom is -0.337 e. The maximum atomic E-state index is 13.2. The van der Waals surface area contributed by atoms with Gasteiger partial charge in [0.15, 0.2) is 0 Å². The highest BCUT2D eigenvalue weighted by Gasteiger charge is 2.23. The van der Waals surface area contributed by atoms with Crippen LogP contribution in [0.1, 0.15) is 15.9 Å². The summed E-state index contributed by atoms with van der Waals surface area (Å²) in [6, 6.07) is 13.9. The van der Waals surface area contributed by atoms with Gasteiger partial charge in [0.1, 0.15) is 0 Å². The Morgan fingerprint density at radius 2 is 1.71 bits per heavy atom. The number of H-pyrrole nitrogens is 1. The van der Waals surface area contributed by atoms with E-state index in [1.807, 2.05) is 6.07 Å². The smallest absolute Gasteiger partial charge is 0.329 e. The average molecular weight is 477 g/mol. The van der Waals surface area contributed by atoms with E-state index in [4.69, 9.17) is 11.6 Å². The lowest BCUT2D eigenvalue weighted by molar-refractivity contribution is 0.0746. The van der Waals surface area contributed by atoms with Crippen LogP contribution >= 0.6 is 11.6 Å². The van der Waals surface area contributed by atoms with Crippen LogP contribution in [0.3, 0.4) is 0 Å². The van der Waals surface area contributed by atoms with Gasteiger partial charge in [0.25, 0.3) is 11.5 Å². The predicted octanol–water partition coefficient (Wildman–Crippen LogP) is 2.14. The number of amides is 1. The molecule has 0 aliphatic carbocycles. The first-order chi connectivity index (χ1) is 16.5. The second-order valence-corrected chi connectivity index (χ2v) is 8.42. The summed E-state index contributed by atoms with van der Waals surface area (Å²) in [5, 5.41) is 0.646. The number of hydrogen-bond acceptors (Lipinski definition) is 6. The molecule has 3 heterocycles. The molecule has 9 nitrogen and oxygen atoms in total. The Morgan fingerprint density at radius 1 is 0.971 bits per heavy atom. The van der Waals surface area contributed by atoms with E-state index < -0.39 is 11.2 Å². The van der Waals surface area contributed by atoms with E-state index in [2.05, 4.69) is 19.9 Å². The van der Waals surface area contributed by atoms with Gasteiger partial charge in [0, 0.05) is 44.1 Å². The number of nitrogens with one attached hydrogen (secondary N) is 1. The normalized spacial score (nSPS) is 13.9. The van der Waals surface area contributed by atoms with Crippen molar-refractivity contribution < 1.29 is 4.79 Å². The van der Waals surface area contributed by atoms with Crippen molar-refractivity contribution >= 4 is 34.4 Å². The molecule has 1 saturated heterocycles. The number of hydrogen-bond donors (Lipinski definition) is 1. The third-order valence-electron chi connectivity index (χ3n) is 5.88. The average Bonchev–Trinajstić information content (AvgIpc) is 2.87. The van der Waals surface area contributed by atoms with Gasteiger partial charge in [0.05, 0.1) is 22.5 Å². The van der Waals surface area contributed by atoms with Crippen molar-refractivity contribution in [2.24, 2.45) is 0 Å². The molecule has 172 valence electrons. The zero-order valence-electron chi connectivity index (χ0n) is 18.1. The number of fused-ring (bicyclic) bond motifs is 1. The van der Waals surface area contributed by atoms with Crippen LogP contribution in [0.25, 0.3) is 10.9 Å². The van der Waals surface area contributed by atoms with E-state index in [1.54, 1.807) is 59.8 Å². The van der Waals surface area contributed by atoms with Crippen LogP contribution in [-0.4, -0.2) is 56.5 Å². The SMILES string of the molecule is O=C(c1cccc(Cn2c(=O)[nH]c(=O)c3cccc(Cl)c32)c1)N1CCN(c2ncccn2)CC1. The van der Waals surface area contributed by atoms with E-state index in [0.717, 1.165) is 5.56 Å². The lowest BCUT2D eigenvalue weighted by atomic mass is 10.1. The van der Waals surface area contributed by atoms with Crippen LogP contribution in [0.15, 0.2) is 70.5 Å². The molecule has 2 aromatic carbocycles. The maximum Gasteiger partial charge on any atom is 0.329 e. The van der Waals surface area contributed by atoms with E-state index in [-0.39, 0.29) is 12.5 Å². The van der Waals surface area contributed by atoms with Gasteiger partial charge >= 0.3 is 5.69 Å². The highest BCUT2D eigenvalue weighted by Crippen LogP contribution is 2.21. The fraction of sp³-hybridized carbons (Fsp3) is 0.208. The monoisotopic (exact) mass is 476 g/mol. The molecule has 1 amide bonds. The van der Waals surface area contributed by atoms with Crippen LogP contribution in [0.2, 0.25) is 5.02 Å². The molecule has 10 heteroatoms. The molecular formula is C24H21ClN6O3. The molecule has 1 N–H and O–H groups in total. The molecule has 0 radical (unpaired) electrons. The van der Waals surface area contributed by atoms with E-state index in [0.29, 0.717) is 53.6 Å². The maximum absolute atomic E-state index is 13.2. The first-order valence-electron chi connectivity index (χ1n) is 10.8. The zero-order chi connectivity index (χ0) is 23.7. The summed E-state index contributed by atoms with van der Waals surface area (Å²) in [6.07, 6.45) is 3.41. The van der Waals surface area contributed by atoms with Crippen molar-refractivity contribution in [1.82, 2.24) is 24.4 Å². The lowest BCUT2D eigenvalue weighted by Gasteiger charge is -2.34. The molecule has 2 aromatic heterocycles. The minimum absolute atomic E-state index is 0.0767. The van der Waals surface area contributed by atoms with Gasteiger partial charge in [-0.2, -0.15) is 0 Å². The number of halogens is 1. The van der Waals surface area contributed by atoms with Crippen molar-refractivity contribution in [2.45, 2.75) is 6.54 Å². The molecule has 4 aromatic rings. The summed E-state index contributed by atoms with van der Waals surface area (Å²) in [6.45, 7) is 2.57.